The Morgan fingerprint density at radius 2 is 1.82 bits per heavy atom. The zero-order valence-electron chi connectivity index (χ0n) is 26.1. The molecule has 4 aromatic rings. The van der Waals surface area contributed by atoms with Crippen LogP contribution in [-0.4, -0.2) is 78.6 Å². The van der Waals surface area contributed by atoms with Gasteiger partial charge in [0.25, 0.3) is 0 Å². The van der Waals surface area contributed by atoms with Crippen LogP contribution >= 0.6 is 0 Å². The number of carbonyl (C=O) groups excluding carboxylic acids is 1. The third-order valence-corrected chi connectivity index (χ3v) is 7.56. The van der Waals surface area contributed by atoms with Crippen molar-refractivity contribution in [2.45, 2.75) is 19.3 Å². The maximum absolute atomic E-state index is 12.4. The smallest absolute Gasteiger partial charge is 0.247 e. The Hall–Kier alpha value is -5.03. The highest BCUT2D eigenvalue weighted by atomic mass is 16.5. The number of rotatable bonds is 11. The third-order valence-electron chi connectivity index (χ3n) is 7.56. The van der Waals surface area contributed by atoms with E-state index in [0.29, 0.717) is 35.6 Å². The van der Waals surface area contributed by atoms with Gasteiger partial charge in [0, 0.05) is 49.9 Å². The summed E-state index contributed by atoms with van der Waals surface area (Å²) in [6.45, 7) is 10.2. The number of anilines is 6. The number of nitrogens with zero attached hydrogens (tertiary/aromatic N) is 7. The van der Waals surface area contributed by atoms with Crippen molar-refractivity contribution in [2.24, 2.45) is 0 Å². The van der Waals surface area contributed by atoms with Gasteiger partial charge in [-0.15, -0.1) is 0 Å². The Morgan fingerprint density at radius 3 is 2.52 bits per heavy atom. The van der Waals surface area contributed by atoms with Crippen LogP contribution in [0.1, 0.15) is 19.5 Å². The number of hydrogen-bond donors (Lipinski definition) is 2. The molecule has 0 saturated carbocycles. The van der Waals surface area contributed by atoms with Crippen molar-refractivity contribution in [3.63, 3.8) is 0 Å². The lowest BCUT2D eigenvalue weighted by molar-refractivity contribution is -0.111. The van der Waals surface area contributed by atoms with E-state index in [1.807, 2.05) is 57.7 Å². The van der Waals surface area contributed by atoms with Crippen molar-refractivity contribution in [3.8, 4) is 16.9 Å². The van der Waals surface area contributed by atoms with E-state index < -0.39 is 0 Å². The lowest BCUT2D eigenvalue weighted by atomic mass is 9.91. The van der Waals surface area contributed by atoms with Gasteiger partial charge in [0.15, 0.2) is 0 Å². The molecule has 5 rings (SSSR count). The second-order valence-corrected chi connectivity index (χ2v) is 11.6. The normalized spacial score (nSPS) is 13.4. The highest BCUT2D eigenvalue weighted by Gasteiger charge is 2.38. The lowest BCUT2D eigenvalue weighted by Crippen LogP contribution is -2.29. The van der Waals surface area contributed by atoms with Crippen LogP contribution in [-0.2, 0) is 10.2 Å². The number of hydrogen-bond acceptors (Lipinski definition) is 10. The van der Waals surface area contributed by atoms with E-state index in [9.17, 15) is 4.79 Å². The monoisotopic (exact) mass is 593 g/mol. The van der Waals surface area contributed by atoms with Crippen molar-refractivity contribution in [3.05, 3.63) is 79.4 Å². The molecule has 0 fully saturated rings. The van der Waals surface area contributed by atoms with Crippen LogP contribution < -0.4 is 25.2 Å². The first-order valence-electron chi connectivity index (χ1n) is 14.4. The quantitative estimate of drug-likeness (QED) is 0.224. The average molecular weight is 594 g/mol. The first-order valence-corrected chi connectivity index (χ1v) is 14.4. The molecular formula is C33H39N9O2. The molecule has 0 spiro atoms. The minimum Gasteiger partial charge on any atom is -0.494 e. The molecule has 0 saturated heterocycles. The molecule has 3 heterocycles. The van der Waals surface area contributed by atoms with Crippen LogP contribution in [0.3, 0.4) is 0 Å². The predicted molar refractivity (Wildman–Crippen MR) is 176 cm³/mol. The molecule has 44 heavy (non-hydrogen) atoms. The maximum atomic E-state index is 12.4. The summed E-state index contributed by atoms with van der Waals surface area (Å²) in [4.78, 5) is 37.2. The highest BCUT2D eigenvalue weighted by Crippen LogP contribution is 2.44. The summed E-state index contributed by atoms with van der Waals surface area (Å²) in [6, 6.07) is 16.0. The standard InChI is InChI=1S/C33H39N9O2/c1-8-29(43)37-24-17-25(28(44-7)18-26(24)41(6)15-14-40(4)5)38-31-35-21-36-32(39-31)42-20-33(2,3)30-27(42)16-23(19-34-30)22-12-10-9-11-13-22/h8-13,16-19,21H,1,14-15,20H2,2-7H3,(H,37,43)(H,35,36,38,39). The van der Waals surface area contributed by atoms with E-state index in [4.69, 9.17) is 14.7 Å². The molecule has 2 aromatic carbocycles. The number of aromatic nitrogens is 4. The van der Waals surface area contributed by atoms with Crippen molar-refractivity contribution in [1.82, 2.24) is 24.8 Å². The Balaban J connectivity index is 1.48. The fraction of sp³-hybridized carbons (Fsp3) is 0.303. The van der Waals surface area contributed by atoms with Gasteiger partial charge < -0.3 is 30.1 Å². The van der Waals surface area contributed by atoms with E-state index in [1.165, 1.54) is 12.4 Å². The average Bonchev–Trinajstić information content (AvgIpc) is 3.30. The van der Waals surface area contributed by atoms with Gasteiger partial charge in [-0.25, -0.2) is 9.97 Å². The Morgan fingerprint density at radius 1 is 1.05 bits per heavy atom. The molecule has 2 aromatic heterocycles. The Kier molecular flexibility index (Phi) is 8.77. The van der Waals surface area contributed by atoms with Gasteiger partial charge in [-0.05, 0) is 37.9 Å². The number of likely N-dealkylation sites (N-methyl/N-ethyl adjacent to an activating group) is 2. The van der Waals surface area contributed by atoms with Crippen molar-refractivity contribution < 1.29 is 9.53 Å². The van der Waals surface area contributed by atoms with Crippen molar-refractivity contribution in [1.29, 1.82) is 0 Å². The molecule has 228 valence electrons. The van der Waals surface area contributed by atoms with Crippen LogP contribution in [0.2, 0.25) is 0 Å². The van der Waals surface area contributed by atoms with Crippen LogP contribution in [0, 0.1) is 0 Å². The van der Waals surface area contributed by atoms with E-state index >= 15 is 0 Å². The summed E-state index contributed by atoms with van der Waals surface area (Å²) in [5.41, 5.74) is 5.85. The number of benzene rings is 2. The molecule has 11 nitrogen and oxygen atoms in total. The van der Waals surface area contributed by atoms with Crippen LogP contribution in [0.25, 0.3) is 11.1 Å². The minimum atomic E-state index is -0.315. The van der Waals surface area contributed by atoms with Gasteiger partial charge in [-0.1, -0.05) is 50.8 Å². The molecule has 2 N–H and O–H groups in total. The van der Waals surface area contributed by atoms with Gasteiger partial charge in [0.2, 0.25) is 17.8 Å². The lowest BCUT2D eigenvalue weighted by Gasteiger charge is -2.26. The predicted octanol–water partition coefficient (Wildman–Crippen LogP) is 5.24. The fourth-order valence-electron chi connectivity index (χ4n) is 5.21. The van der Waals surface area contributed by atoms with E-state index in [0.717, 1.165) is 41.3 Å². The van der Waals surface area contributed by atoms with Gasteiger partial charge in [0.05, 0.1) is 35.6 Å². The Bertz CT molecular complexity index is 1660. The van der Waals surface area contributed by atoms with Gasteiger partial charge in [-0.2, -0.15) is 4.98 Å². The summed E-state index contributed by atoms with van der Waals surface area (Å²) >= 11 is 0. The highest BCUT2D eigenvalue weighted by molar-refractivity contribution is 6.02. The second kappa shape index (κ2) is 12.7. The number of pyridine rings is 1. The van der Waals surface area contributed by atoms with Crippen LogP contribution in [0.4, 0.5) is 34.6 Å². The first-order chi connectivity index (χ1) is 21.1. The summed E-state index contributed by atoms with van der Waals surface area (Å²) in [7, 11) is 7.61. The molecule has 11 heteroatoms. The SMILES string of the molecule is C=CC(=O)Nc1cc(Nc2ncnc(N3CC(C)(C)c4ncc(-c5ccccc5)cc43)n2)c(OC)cc1N(C)CCN(C)C. The molecule has 0 aliphatic carbocycles. The number of fused-ring (bicyclic) bond motifs is 1. The molecule has 0 bridgehead atoms. The largest absolute Gasteiger partial charge is 0.494 e. The third kappa shape index (κ3) is 6.47. The summed E-state index contributed by atoms with van der Waals surface area (Å²) in [6.07, 6.45) is 4.66. The number of amides is 1. The molecular weight excluding hydrogens is 554 g/mol. The molecule has 1 aliphatic rings. The van der Waals surface area contributed by atoms with Crippen LogP contribution in [0.15, 0.2) is 73.7 Å². The molecule has 0 unspecified atom stereocenters. The van der Waals surface area contributed by atoms with Gasteiger partial charge in [-0.3, -0.25) is 9.78 Å². The number of ether oxygens (including phenoxy) is 1. The van der Waals surface area contributed by atoms with E-state index in [-0.39, 0.29) is 11.3 Å². The second-order valence-electron chi connectivity index (χ2n) is 11.6. The van der Waals surface area contributed by atoms with E-state index in [2.05, 4.69) is 73.9 Å². The van der Waals surface area contributed by atoms with Gasteiger partial charge >= 0.3 is 0 Å². The number of nitrogens with one attached hydrogen (secondary N) is 2. The number of methoxy groups -OCH3 is 1. The van der Waals surface area contributed by atoms with Gasteiger partial charge in [0.1, 0.15) is 12.1 Å². The van der Waals surface area contributed by atoms with Crippen LogP contribution in [0.5, 0.6) is 5.75 Å². The zero-order chi connectivity index (χ0) is 31.4. The number of carbonyl (C=O) groups is 1. The van der Waals surface area contributed by atoms with Crippen molar-refractivity contribution in [2.75, 3.05) is 68.3 Å². The van der Waals surface area contributed by atoms with Crippen molar-refractivity contribution >= 4 is 40.6 Å². The summed E-state index contributed by atoms with van der Waals surface area (Å²) < 4.78 is 5.76. The minimum absolute atomic E-state index is 0.208. The Labute approximate surface area is 258 Å². The maximum Gasteiger partial charge on any atom is 0.247 e. The topological polar surface area (TPSA) is 112 Å². The fourth-order valence-corrected chi connectivity index (χ4v) is 5.21. The zero-order valence-corrected chi connectivity index (χ0v) is 26.1. The molecule has 0 atom stereocenters. The van der Waals surface area contributed by atoms with E-state index in [1.54, 1.807) is 7.11 Å². The molecule has 1 aliphatic heterocycles. The summed E-state index contributed by atoms with van der Waals surface area (Å²) in [5.74, 6) is 1.09. The molecule has 0 radical (unpaired) electrons. The first kappa shape index (κ1) is 30.4. The summed E-state index contributed by atoms with van der Waals surface area (Å²) in [5, 5.41) is 6.21. The molecule has 1 amide bonds.